The quantitative estimate of drug-likeness (QED) is 0.147. The lowest BCUT2D eigenvalue weighted by Gasteiger charge is -2.23. The van der Waals surface area contributed by atoms with Crippen LogP contribution >= 0.6 is 0 Å². The van der Waals surface area contributed by atoms with Crippen molar-refractivity contribution in [3.8, 4) is 11.1 Å². The highest BCUT2D eigenvalue weighted by Gasteiger charge is 2.38. The van der Waals surface area contributed by atoms with Crippen molar-refractivity contribution in [1.29, 1.82) is 0 Å². The molecule has 11 nitrogen and oxygen atoms in total. The number of halogens is 3. The average Bonchev–Trinajstić information content (AvgIpc) is 2.99. The number of aromatic nitrogens is 1. The van der Waals surface area contributed by atoms with E-state index >= 15 is 0 Å². The Morgan fingerprint density at radius 1 is 0.841 bits per heavy atom. The normalized spacial score (nSPS) is 12.1. The van der Waals surface area contributed by atoms with E-state index in [-0.39, 0.29) is 31.8 Å². The molecule has 0 saturated carbocycles. The summed E-state index contributed by atoms with van der Waals surface area (Å²) in [7, 11) is 0. The average molecular weight is 619 g/mol. The van der Waals surface area contributed by atoms with Crippen molar-refractivity contribution in [3.05, 3.63) is 84.6 Å². The summed E-state index contributed by atoms with van der Waals surface area (Å²) < 4.78 is 31.7. The zero-order chi connectivity index (χ0) is 32.5. The van der Waals surface area contributed by atoms with Gasteiger partial charge in [-0.25, -0.2) is 9.78 Å². The number of aliphatic hydroxyl groups excluding tert-OH is 1. The van der Waals surface area contributed by atoms with E-state index in [4.69, 9.17) is 9.90 Å². The van der Waals surface area contributed by atoms with E-state index in [0.717, 1.165) is 11.1 Å². The molecule has 0 aliphatic rings. The van der Waals surface area contributed by atoms with Crippen LogP contribution in [0.2, 0.25) is 0 Å². The number of aliphatic hydroxyl groups is 1. The summed E-state index contributed by atoms with van der Waals surface area (Å²) in [5, 5.41) is 34.5. The number of rotatable bonds is 14. The maximum atomic E-state index is 13.0. The van der Waals surface area contributed by atoms with Gasteiger partial charge in [-0.3, -0.25) is 14.4 Å². The minimum atomic E-state index is -5.08. The highest BCUT2D eigenvalue weighted by molar-refractivity contribution is 5.88. The Hall–Kier alpha value is -4.98. The summed E-state index contributed by atoms with van der Waals surface area (Å²) in [5.41, 5.74) is 2.62. The molecule has 14 heteroatoms. The summed E-state index contributed by atoms with van der Waals surface area (Å²) in [6.07, 6.45) is -3.03. The molecule has 0 aliphatic carbocycles. The third kappa shape index (κ3) is 12.9. The predicted octanol–water partition coefficient (Wildman–Crippen LogP) is 3.77. The lowest BCUT2D eigenvalue weighted by atomic mass is 9.98. The SMILES string of the molecule is O=C(O)C(F)(F)F.O=C(O)CC(NC(=O)[C@@H](CCO)NC(=O)CCCNc1ccccn1)c1ccc(-c2ccccc2)cc1. The first-order valence-electron chi connectivity index (χ1n) is 13.4. The number of anilines is 1. The molecule has 0 spiro atoms. The van der Waals surface area contributed by atoms with Crippen molar-refractivity contribution in [2.45, 2.75) is 43.9 Å². The highest BCUT2D eigenvalue weighted by atomic mass is 19.4. The van der Waals surface area contributed by atoms with E-state index in [2.05, 4.69) is 20.9 Å². The van der Waals surface area contributed by atoms with Gasteiger partial charge in [0.05, 0.1) is 12.5 Å². The second kappa shape index (κ2) is 17.9. The number of alkyl halides is 3. The monoisotopic (exact) mass is 618 g/mol. The number of nitrogens with one attached hydrogen (secondary N) is 3. The molecule has 2 aromatic carbocycles. The van der Waals surface area contributed by atoms with E-state index in [1.807, 2.05) is 60.7 Å². The molecule has 0 bridgehead atoms. The number of carboxylic acids is 2. The molecule has 6 N–H and O–H groups in total. The van der Waals surface area contributed by atoms with Crippen LogP contribution in [0.25, 0.3) is 11.1 Å². The number of nitrogens with zero attached hydrogens (tertiary/aromatic N) is 1. The molecule has 0 aliphatic heterocycles. The molecule has 1 aromatic heterocycles. The largest absolute Gasteiger partial charge is 0.490 e. The predicted molar refractivity (Wildman–Crippen MR) is 154 cm³/mol. The Balaban J connectivity index is 0.000000860. The Bertz CT molecular complexity index is 1340. The van der Waals surface area contributed by atoms with Crippen molar-refractivity contribution >= 4 is 29.6 Å². The Morgan fingerprint density at radius 2 is 1.45 bits per heavy atom. The van der Waals surface area contributed by atoms with Gasteiger partial charge in [-0.05, 0) is 41.7 Å². The van der Waals surface area contributed by atoms with Gasteiger partial charge in [0.25, 0.3) is 0 Å². The number of hydrogen-bond donors (Lipinski definition) is 6. The van der Waals surface area contributed by atoms with Crippen molar-refractivity contribution in [2.24, 2.45) is 0 Å². The van der Waals surface area contributed by atoms with Crippen LogP contribution < -0.4 is 16.0 Å². The van der Waals surface area contributed by atoms with Crippen LogP contribution in [0.1, 0.15) is 37.3 Å². The van der Waals surface area contributed by atoms with Crippen LogP contribution in [0.5, 0.6) is 0 Å². The maximum Gasteiger partial charge on any atom is 0.490 e. The van der Waals surface area contributed by atoms with Gasteiger partial charge in [0.2, 0.25) is 11.8 Å². The highest BCUT2D eigenvalue weighted by Crippen LogP contribution is 2.23. The molecular weight excluding hydrogens is 585 g/mol. The molecule has 0 fully saturated rings. The minimum absolute atomic E-state index is 0.0104. The van der Waals surface area contributed by atoms with E-state index < -0.39 is 36.1 Å². The number of carbonyl (C=O) groups excluding carboxylic acids is 2. The number of hydrogen-bond acceptors (Lipinski definition) is 7. The topological polar surface area (TPSA) is 178 Å². The molecule has 3 rings (SSSR count). The minimum Gasteiger partial charge on any atom is -0.481 e. The zero-order valence-corrected chi connectivity index (χ0v) is 23.5. The first-order valence-corrected chi connectivity index (χ1v) is 13.4. The number of pyridine rings is 1. The van der Waals surface area contributed by atoms with Crippen LogP contribution in [0, 0.1) is 0 Å². The van der Waals surface area contributed by atoms with Crippen LogP contribution in [0.3, 0.4) is 0 Å². The third-order valence-electron chi connectivity index (χ3n) is 5.98. The summed E-state index contributed by atoms with van der Waals surface area (Å²) in [6, 6.07) is 20.8. The van der Waals surface area contributed by atoms with Gasteiger partial charge in [0.1, 0.15) is 11.9 Å². The van der Waals surface area contributed by atoms with Crippen LogP contribution in [-0.2, 0) is 19.2 Å². The maximum absolute atomic E-state index is 13.0. The molecule has 2 amide bonds. The second-order valence-corrected chi connectivity index (χ2v) is 9.33. The molecule has 0 radical (unpaired) electrons. The molecule has 3 aromatic rings. The summed E-state index contributed by atoms with van der Waals surface area (Å²) in [5.74, 6) is -4.00. The summed E-state index contributed by atoms with van der Waals surface area (Å²) in [4.78, 5) is 50.0. The van der Waals surface area contributed by atoms with Crippen LogP contribution in [0.4, 0.5) is 19.0 Å². The van der Waals surface area contributed by atoms with Crippen LogP contribution in [-0.4, -0.2) is 69.4 Å². The molecule has 44 heavy (non-hydrogen) atoms. The standard InChI is InChI=1S/C28H32N4O5.C2HF3O2/c33-18-15-23(31-26(34)10-6-17-30-25-9-4-5-16-29-25)28(37)32-24(19-27(35)36)22-13-11-21(12-14-22)20-7-2-1-3-8-20;3-2(4,5)1(6)7/h1-5,7-9,11-14,16,23-24,33H,6,10,15,17-19H2,(H,29,30)(H,31,34)(H,32,37)(H,35,36);(H,6,7)/t23-,24?;/m1./s1. The first-order chi connectivity index (χ1) is 20.9. The Labute approximate surface area is 251 Å². The van der Waals surface area contributed by atoms with Crippen molar-refractivity contribution in [1.82, 2.24) is 15.6 Å². The fourth-order valence-electron chi connectivity index (χ4n) is 3.83. The fourth-order valence-corrected chi connectivity index (χ4v) is 3.83. The Kier molecular flexibility index (Phi) is 14.3. The molecule has 1 heterocycles. The summed E-state index contributed by atoms with van der Waals surface area (Å²) >= 11 is 0. The van der Waals surface area contributed by atoms with Crippen molar-refractivity contribution < 1.29 is 47.7 Å². The van der Waals surface area contributed by atoms with Gasteiger partial charge in [-0.1, -0.05) is 60.7 Å². The van der Waals surface area contributed by atoms with Gasteiger partial charge < -0.3 is 31.3 Å². The molecule has 2 atom stereocenters. The van der Waals surface area contributed by atoms with E-state index in [1.165, 1.54) is 0 Å². The molecular formula is C30H33F3N4O7. The van der Waals surface area contributed by atoms with Crippen molar-refractivity contribution in [3.63, 3.8) is 0 Å². The molecule has 236 valence electrons. The van der Waals surface area contributed by atoms with Crippen LogP contribution in [0.15, 0.2) is 79.0 Å². The van der Waals surface area contributed by atoms with E-state index in [0.29, 0.717) is 24.3 Å². The molecule has 0 saturated heterocycles. The number of amides is 2. The number of aliphatic carboxylic acids is 2. The smallest absolute Gasteiger partial charge is 0.481 e. The fraction of sp³-hybridized carbons (Fsp3) is 0.300. The third-order valence-corrected chi connectivity index (χ3v) is 5.98. The Morgan fingerprint density at radius 3 is 2.00 bits per heavy atom. The van der Waals surface area contributed by atoms with Gasteiger partial charge in [0, 0.05) is 25.8 Å². The molecule has 1 unspecified atom stereocenters. The number of benzene rings is 2. The van der Waals surface area contributed by atoms with Gasteiger partial charge in [-0.15, -0.1) is 0 Å². The zero-order valence-electron chi connectivity index (χ0n) is 23.5. The summed E-state index contributed by atoms with van der Waals surface area (Å²) in [6.45, 7) is 0.218. The van der Waals surface area contributed by atoms with E-state index in [1.54, 1.807) is 18.3 Å². The van der Waals surface area contributed by atoms with Gasteiger partial charge >= 0.3 is 18.1 Å². The van der Waals surface area contributed by atoms with Crippen molar-refractivity contribution in [2.75, 3.05) is 18.5 Å². The number of carboxylic acid groups (broad SMARTS) is 2. The number of carbonyl (C=O) groups is 4. The van der Waals surface area contributed by atoms with Gasteiger partial charge in [-0.2, -0.15) is 13.2 Å². The van der Waals surface area contributed by atoms with Gasteiger partial charge in [0.15, 0.2) is 0 Å². The lowest BCUT2D eigenvalue weighted by Crippen LogP contribution is -2.48. The van der Waals surface area contributed by atoms with E-state index in [9.17, 15) is 37.8 Å². The second-order valence-electron chi connectivity index (χ2n) is 9.33. The lowest BCUT2D eigenvalue weighted by molar-refractivity contribution is -0.192. The first kappa shape index (κ1) is 35.2.